The van der Waals surface area contributed by atoms with E-state index < -0.39 is 0 Å². The number of ether oxygens (including phenoxy) is 2. The number of piperidine rings is 1. The van der Waals surface area contributed by atoms with E-state index in [1.807, 2.05) is 42.5 Å². The van der Waals surface area contributed by atoms with Gasteiger partial charge in [-0.1, -0.05) is 24.3 Å². The molecule has 5 heteroatoms. The van der Waals surface area contributed by atoms with Crippen LogP contribution in [0.5, 0.6) is 11.5 Å². The lowest BCUT2D eigenvalue weighted by Gasteiger charge is -2.30. The Balaban J connectivity index is 1.55. The van der Waals surface area contributed by atoms with E-state index in [1.165, 1.54) is 19.3 Å². The molecule has 1 heterocycles. The predicted octanol–water partition coefficient (Wildman–Crippen LogP) is 4.09. The van der Waals surface area contributed by atoms with E-state index in [0.717, 1.165) is 24.5 Å². The zero-order valence-electron chi connectivity index (χ0n) is 15.2. The fraction of sp³-hybridized carbons (Fsp3) is 0.381. The molecule has 1 aliphatic heterocycles. The molecule has 5 nitrogen and oxygen atoms in total. The molecule has 2 aromatic rings. The van der Waals surface area contributed by atoms with Crippen LogP contribution >= 0.6 is 0 Å². The molecule has 3 rings (SSSR count). The van der Waals surface area contributed by atoms with Gasteiger partial charge in [0.05, 0.1) is 31.5 Å². The number of nitrogens with zero attached hydrogens (tertiary/aromatic N) is 1. The van der Waals surface area contributed by atoms with Gasteiger partial charge in [0.25, 0.3) is 0 Å². The Labute approximate surface area is 154 Å². The Morgan fingerprint density at radius 1 is 1.00 bits per heavy atom. The second-order valence-electron chi connectivity index (χ2n) is 6.36. The Bertz CT molecular complexity index is 727. The molecule has 0 spiro atoms. The van der Waals surface area contributed by atoms with Crippen molar-refractivity contribution in [3.05, 3.63) is 48.5 Å². The van der Waals surface area contributed by atoms with Crippen molar-refractivity contribution in [2.24, 2.45) is 0 Å². The van der Waals surface area contributed by atoms with Crippen molar-refractivity contribution < 1.29 is 14.3 Å². The van der Waals surface area contributed by atoms with Gasteiger partial charge in [0.2, 0.25) is 5.91 Å². The Morgan fingerprint density at radius 3 is 2.46 bits per heavy atom. The van der Waals surface area contributed by atoms with Crippen LogP contribution in [-0.2, 0) is 4.79 Å². The van der Waals surface area contributed by atoms with Crippen molar-refractivity contribution >= 4 is 17.3 Å². The van der Waals surface area contributed by atoms with Gasteiger partial charge in [-0.2, -0.15) is 0 Å². The van der Waals surface area contributed by atoms with Gasteiger partial charge in [-0.3, -0.25) is 4.79 Å². The Morgan fingerprint density at radius 2 is 1.69 bits per heavy atom. The summed E-state index contributed by atoms with van der Waals surface area (Å²) in [5.74, 6) is 1.27. The van der Waals surface area contributed by atoms with E-state index in [-0.39, 0.29) is 12.3 Å². The van der Waals surface area contributed by atoms with Crippen LogP contribution in [0.3, 0.4) is 0 Å². The molecule has 0 atom stereocenters. The standard InChI is InChI=1S/C21H26N2O3/c1-25-19-11-5-6-12-20(19)26-16-13-21(24)22-17-9-3-4-10-18(17)23-14-7-2-8-15-23/h3-6,9-12H,2,7-8,13-16H2,1H3,(H,22,24). The third-order valence-corrected chi connectivity index (χ3v) is 4.53. The van der Waals surface area contributed by atoms with E-state index in [0.29, 0.717) is 18.1 Å². The number of benzene rings is 2. The summed E-state index contributed by atoms with van der Waals surface area (Å²) in [5.41, 5.74) is 1.97. The van der Waals surface area contributed by atoms with Gasteiger partial charge in [0.1, 0.15) is 0 Å². The molecule has 0 aromatic heterocycles. The van der Waals surface area contributed by atoms with Crippen molar-refractivity contribution in [2.45, 2.75) is 25.7 Å². The van der Waals surface area contributed by atoms with E-state index in [9.17, 15) is 4.79 Å². The molecular weight excluding hydrogens is 328 g/mol. The number of hydrogen-bond donors (Lipinski definition) is 1. The Hall–Kier alpha value is -2.69. The van der Waals surface area contributed by atoms with Gasteiger partial charge in [-0.05, 0) is 43.5 Å². The molecule has 0 saturated carbocycles. The molecule has 26 heavy (non-hydrogen) atoms. The van der Waals surface area contributed by atoms with Gasteiger partial charge in [0.15, 0.2) is 11.5 Å². The van der Waals surface area contributed by atoms with Crippen molar-refractivity contribution in [3.8, 4) is 11.5 Å². The highest BCUT2D eigenvalue weighted by molar-refractivity contribution is 5.94. The van der Waals surface area contributed by atoms with Crippen LogP contribution in [0.25, 0.3) is 0 Å². The maximum atomic E-state index is 12.4. The molecule has 1 aliphatic rings. The molecule has 138 valence electrons. The summed E-state index contributed by atoms with van der Waals surface area (Å²) in [6, 6.07) is 15.4. The second kappa shape index (κ2) is 9.13. The molecule has 2 aromatic carbocycles. The van der Waals surface area contributed by atoms with E-state index >= 15 is 0 Å². The average molecular weight is 354 g/mol. The van der Waals surface area contributed by atoms with Crippen molar-refractivity contribution in [1.82, 2.24) is 0 Å². The highest BCUT2D eigenvalue weighted by Gasteiger charge is 2.15. The quantitative estimate of drug-likeness (QED) is 0.813. The molecule has 0 unspecified atom stereocenters. The van der Waals surface area contributed by atoms with Crippen LogP contribution in [0, 0.1) is 0 Å². The van der Waals surface area contributed by atoms with Crippen LogP contribution in [0.15, 0.2) is 48.5 Å². The van der Waals surface area contributed by atoms with Gasteiger partial charge < -0.3 is 19.7 Å². The first-order chi connectivity index (χ1) is 12.8. The monoisotopic (exact) mass is 354 g/mol. The number of para-hydroxylation sites is 4. The fourth-order valence-electron chi connectivity index (χ4n) is 3.19. The zero-order chi connectivity index (χ0) is 18.2. The van der Waals surface area contributed by atoms with E-state index in [4.69, 9.17) is 9.47 Å². The molecule has 0 bridgehead atoms. The zero-order valence-corrected chi connectivity index (χ0v) is 15.2. The highest BCUT2D eigenvalue weighted by Crippen LogP contribution is 2.29. The predicted molar refractivity (Wildman–Crippen MR) is 104 cm³/mol. The number of methoxy groups -OCH3 is 1. The summed E-state index contributed by atoms with van der Waals surface area (Å²) in [7, 11) is 1.60. The van der Waals surface area contributed by atoms with E-state index in [1.54, 1.807) is 7.11 Å². The molecule has 1 fully saturated rings. The normalized spacial score (nSPS) is 14.0. The number of carbonyl (C=O) groups is 1. The van der Waals surface area contributed by atoms with Crippen LogP contribution in [0.4, 0.5) is 11.4 Å². The molecule has 0 aliphatic carbocycles. The summed E-state index contributed by atoms with van der Waals surface area (Å²) >= 11 is 0. The topological polar surface area (TPSA) is 50.8 Å². The van der Waals surface area contributed by atoms with E-state index in [2.05, 4.69) is 16.3 Å². The first-order valence-electron chi connectivity index (χ1n) is 9.17. The lowest BCUT2D eigenvalue weighted by atomic mass is 10.1. The minimum atomic E-state index is -0.0515. The third kappa shape index (κ3) is 4.69. The van der Waals surface area contributed by atoms with Crippen LogP contribution in [0.1, 0.15) is 25.7 Å². The summed E-state index contributed by atoms with van der Waals surface area (Å²) in [6.07, 6.45) is 3.97. The van der Waals surface area contributed by atoms with Crippen LogP contribution < -0.4 is 19.7 Å². The lowest BCUT2D eigenvalue weighted by molar-refractivity contribution is -0.116. The molecule has 1 saturated heterocycles. The Kier molecular flexibility index (Phi) is 6.36. The molecule has 0 radical (unpaired) electrons. The van der Waals surface area contributed by atoms with Crippen molar-refractivity contribution in [1.29, 1.82) is 0 Å². The minimum absolute atomic E-state index is 0.0515. The summed E-state index contributed by atoms with van der Waals surface area (Å²) in [6.45, 7) is 2.39. The summed E-state index contributed by atoms with van der Waals surface area (Å²) in [4.78, 5) is 14.7. The molecule has 1 N–H and O–H groups in total. The average Bonchev–Trinajstić information content (AvgIpc) is 2.69. The largest absolute Gasteiger partial charge is 0.493 e. The number of nitrogens with one attached hydrogen (secondary N) is 1. The van der Waals surface area contributed by atoms with Crippen LogP contribution in [0.2, 0.25) is 0 Å². The van der Waals surface area contributed by atoms with Gasteiger partial charge in [-0.25, -0.2) is 0 Å². The fourth-order valence-corrected chi connectivity index (χ4v) is 3.19. The van der Waals surface area contributed by atoms with Gasteiger partial charge in [-0.15, -0.1) is 0 Å². The minimum Gasteiger partial charge on any atom is -0.493 e. The lowest BCUT2D eigenvalue weighted by Crippen LogP contribution is -2.30. The number of rotatable bonds is 7. The van der Waals surface area contributed by atoms with Gasteiger partial charge in [0, 0.05) is 13.1 Å². The van der Waals surface area contributed by atoms with Crippen molar-refractivity contribution in [3.63, 3.8) is 0 Å². The van der Waals surface area contributed by atoms with Crippen LogP contribution in [-0.4, -0.2) is 32.7 Å². The highest BCUT2D eigenvalue weighted by atomic mass is 16.5. The third-order valence-electron chi connectivity index (χ3n) is 4.53. The maximum absolute atomic E-state index is 12.4. The number of carbonyl (C=O) groups excluding carboxylic acids is 1. The molecular formula is C21H26N2O3. The summed E-state index contributed by atoms with van der Waals surface area (Å²) in [5, 5.41) is 3.03. The SMILES string of the molecule is COc1ccccc1OCCC(=O)Nc1ccccc1N1CCCCC1. The molecule has 1 amide bonds. The number of hydrogen-bond acceptors (Lipinski definition) is 4. The summed E-state index contributed by atoms with van der Waals surface area (Å²) < 4.78 is 10.9. The first kappa shape index (κ1) is 18.1. The maximum Gasteiger partial charge on any atom is 0.227 e. The van der Waals surface area contributed by atoms with Crippen molar-refractivity contribution in [2.75, 3.05) is 37.0 Å². The number of amides is 1. The number of anilines is 2. The first-order valence-corrected chi connectivity index (χ1v) is 9.17. The van der Waals surface area contributed by atoms with Gasteiger partial charge >= 0.3 is 0 Å². The smallest absolute Gasteiger partial charge is 0.227 e. The second-order valence-corrected chi connectivity index (χ2v) is 6.36.